The smallest absolute Gasteiger partial charge is 0.239 e. The minimum absolute atomic E-state index is 0.131. The van der Waals surface area contributed by atoms with Crippen LogP contribution in [0.25, 0.3) is 0 Å². The van der Waals surface area contributed by atoms with Gasteiger partial charge in [0.15, 0.2) is 0 Å². The van der Waals surface area contributed by atoms with E-state index in [1.54, 1.807) is 18.2 Å². The molecule has 1 atom stereocenters. The third-order valence-corrected chi connectivity index (χ3v) is 2.77. The number of carbonyl (C=O) groups excluding carboxylic acids is 2. The highest BCUT2D eigenvalue weighted by molar-refractivity contribution is 5.85. The summed E-state index contributed by atoms with van der Waals surface area (Å²) in [5.41, 5.74) is 5.45. The molecule has 1 unspecified atom stereocenters. The molecule has 2 amide bonds. The minimum Gasteiger partial charge on any atom is -0.350 e. The molecule has 1 heterocycles. The number of halogens is 1. The van der Waals surface area contributed by atoms with Gasteiger partial charge in [-0.15, -0.1) is 0 Å². The number of hydrogen-bond donors (Lipinski definition) is 3. The third kappa shape index (κ3) is 3.04. The van der Waals surface area contributed by atoms with Gasteiger partial charge in [0.1, 0.15) is 11.9 Å². The molecule has 2 rings (SSSR count). The average molecular weight is 251 g/mol. The van der Waals surface area contributed by atoms with Crippen molar-refractivity contribution < 1.29 is 14.0 Å². The molecule has 1 fully saturated rings. The number of hydrazine groups is 1. The third-order valence-electron chi connectivity index (χ3n) is 2.77. The maximum absolute atomic E-state index is 13.3. The number of benzene rings is 1. The standard InChI is InChI=1S/C12H14FN3O2/c13-9-4-2-1-3-8(9)7-14-12(18)10-5-6-11(17)16-15-10/h1-4,10,15H,5-7H2,(H,14,18)(H,16,17). The molecule has 1 saturated heterocycles. The lowest BCUT2D eigenvalue weighted by Crippen LogP contribution is -2.55. The van der Waals surface area contributed by atoms with Crippen LogP contribution in [0.4, 0.5) is 4.39 Å². The van der Waals surface area contributed by atoms with Crippen molar-refractivity contribution in [3.63, 3.8) is 0 Å². The van der Waals surface area contributed by atoms with Crippen molar-refractivity contribution in [2.75, 3.05) is 0 Å². The van der Waals surface area contributed by atoms with E-state index >= 15 is 0 Å². The van der Waals surface area contributed by atoms with E-state index in [0.29, 0.717) is 18.4 Å². The summed E-state index contributed by atoms with van der Waals surface area (Å²) in [5.74, 6) is -0.728. The summed E-state index contributed by atoms with van der Waals surface area (Å²) in [6.45, 7) is 0.137. The molecule has 1 aromatic rings. The zero-order chi connectivity index (χ0) is 13.0. The highest BCUT2D eigenvalue weighted by Crippen LogP contribution is 2.06. The Morgan fingerprint density at radius 2 is 2.22 bits per heavy atom. The molecule has 3 N–H and O–H groups in total. The van der Waals surface area contributed by atoms with Gasteiger partial charge in [-0.1, -0.05) is 18.2 Å². The summed E-state index contributed by atoms with van der Waals surface area (Å²) >= 11 is 0. The van der Waals surface area contributed by atoms with Gasteiger partial charge in [0.05, 0.1) is 0 Å². The number of amides is 2. The largest absolute Gasteiger partial charge is 0.350 e. The highest BCUT2D eigenvalue weighted by Gasteiger charge is 2.23. The normalized spacial score (nSPS) is 19.2. The van der Waals surface area contributed by atoms with Crippen LogP contribution in [0.3, 0.4) is 0 Å². The molecule has 1 aliphatic heterocycles. The van der Waals surface area contributed by atoms with Gasteiger partial charge in [0.25, 0.3) is 0 Å². The first-order chi connectivity index (χ1) is 8.66. The second-order valence-corrected chi connectivity index (χ2v) is 4.09. The Bertz CT molecular complexity index is 454. The molecular formula is C12H14FN3O2. The van der Waals surface area contributed by atoms with Crippen molar-refractivity contribution in [2.24, 2.45) is 0 Å². The van der Waals surface area contributed by atoms with Gasteiger partial charge in [-0.25, -0.2) is 9.82 Å². The van der Waals surface area contributed by atoms with Crippen LogP contribution in [0.2, 0.25) is 0 Å². The summed E-state index contributed by atoms with van der Waals surface area (Å²) in [5, 5.41) is 2.63. The van der Waals surface area contributed by atoms with E-state index in [9.17, 15) is 14.0 Å². The molecule has 18 heavy (non-hydrogen) atoms. The molecule has 0 saturated carbocycles. The fraction of sp³-hybridized carbons (Fsp3) is 0.333. The average Bonchev–Trinajstić information content (AvgIpc) is 2.38. The highest BCUT2D eigenvalue weighted by atomic mass is 19.1. The molecule has 6 heteroatoms. The first kappa shape index (κ1) is 12.5. The van der Waals surface area contributed by atoms with E-state index in [2.05, 4.69) is 16.2 Å². The second-order valence-electron chi connectivity index (χ2n) is 4.09. The van der Waals surface area contributed by atoms with Gasteiger partial charge in [0, 0.05) is 18.5 Å². The molecule has 0 radical (unpaired) electrons. The lowest BCUT2D eigenvalue weighted by atomic mass is 10.1. The zero-order valence-electron chi connectivity index (χ0n) is 9.70. The fourth-order valence-electron chi connectivity index (χ4n) is 1.72. The monoisotopic (exact) mass is 251 g/mol. The van der Waals surface area contributed by atoms with Gasteiger partial charge >= 0.3 is 0 Å². The van der Waals surface area contributed by atoms with Crippen LogP contribution in [0.15, 0.2) is 24.3 Å². The summed E-state index contributed by atoms with van der Waals surface area (Å²) in [4.78, 5) is 22.6. The summed E-state index contributed by atoms with van der Waals surface area (Å²) in [6.07, 6.45) is 0.750. The number of carbonyl (C=O) groups is 2. The van der Waals surface area contributed by atoms with Crippen molar-refractivity contribution in [3.05, 3.63) is 35.6 Å². The number of hydrogen-bond acceptors (Lipinski definition) is 3. The molecule has 1 aliphatic rings. The SMILES string of the molecule is O=C1CCC(C(=O)NCc2ccccc2F)NN1. The fourth-order valence-corrected chi connectivity index (χ4v) is 1.72. The maximum Gasteiger partial charge on any atom is 0.239 e. The van der Waals surface area contributed by atoms with Crippen LogP contribution < -0.4 is 16.2 Å². The van der Waals surface area contributed by atoms with Crippen LogP contribution in [-0.2, 0) is 16.1 Å². The Morgan fingerprint density at radius 1 is 1.44 bits per heavy atom. The predicted molar refractivity (Wildman–Crippen MR) is 62.5 cm³/mol. The van der Waals surface area contributed by atoms with Gasteiger partial charge in [-0.2, -0.15) is 0 Å². The Morgan fingerprint density at radius 3 is 2.89 bits per heavy atom. The summed E-state index contributed by atoms with van der Waals surface area (Å²) in [6, 6.07) is 5.81. The van der Waals surface area contributed by atoms with E-state index in [-0.39, 0.29) is 24.2 Å². The van der Waals surface area contributed by atoms with Crippen molar-refractivity contribution in [2.45, 2.75) is 25.4 Å². The maximum atomic E-state index is 13.3. The van der Waals surface area contributed by atoms with Gasteiger partial charge in [-0.05, 0) is 12.5 Å². The van der Waals surface area contributed by atoms with Crippen LogP contribution in [-0.4, -0.2) is 17.9 Å². The van der Waals surface area contributed by atoms with E-state index in [1.807, 2.05) is 0 Å². The molecule has 96 valence electrons. The lowest BCUT2D eigenvalue weighted by molar-refractivity contribution is -0.129. The van der Waals surface area contributed by atoms with E-state index in [0.717, 1.165) is 0 Å². The molecular weight excluding hydrogens is 237 g/mol. The Kier molecular flexibility index (Phi) is 3.88. The quantitative estimate of drug-likeness (QED) is 0.720. The number of rotatable bonds is 3. The Hall–Kier alpha value is -1.95. The van der Waals surface area contributed by atoms with Gasteiger partial charge in [-0.3, -0.25) is 15.0 Å². The van der Waals surface area contributed by atoms with E-state index < -0.39 is 6.04 Å². The lowest BCUT2D eigenvalue weighted by Gasteiger charge is -2.22. The zero-order valence-corrected chi connectivity index (χ0v) is 9.70. The second kappa shape index (κ2) is 5.59. The minimum atomic E-state index is -0.463. The van der Waals surface area contributed by atoms with Gasteiger partial charge in [0.2, 0.25) is 11.8 Å². The van der Waals surface area contributed by atoms with Crippen LogP contribution in [0.5, 0.6) is 0 Å². The van der Waals surface area contributed by atoms with Crippen LogP contribution in [0.1, 0.15) is 18.4 Å². The Balaban J connectivity index is 1.85. The predicted octanol–water partition coefficient (Wildman–Crippen LogP) is 0.225. The first-order valence-corrected chi connectivity index (χ1v) is 5.72. The van der Waals surface area contributed by atoms with Crippen molar-refractivity contribution in [1.82, 2.24) is 16.2 Å². The Labute approximate surface area is 104 Å². The van der Waals surface area contributed by atoms with E-state index in [1.165, 1.54) is 6.07 Å². The topological polar surface area (TPSA) is 70.2 Å². The van der Waals surface area contributed by atoms with Crippen molar-refractivity contribution in [1.29, 1.82) is 0 Å². The molecule has 0 bridgehead atoms. The molecule has 0 aliphatic carbocycles. The molecule has 0 aromatic heterocycles. The molecule has 0 spiro atoms. The van der Waals surface area contributed by atoms with Crippen molar-refractivity contribution >= 4 is 11.8 Å². The summed E-state index contributed by atoms with van der Waals surface area (Å²) in [7, 11) is 0. The molecule has 5 nitrogen and oxygen atoms in total. The van der Waals surface area contributed by atoms with E-state index in [4.69, 9.17) is 0 Å². The first-order valence-electron chi connectivity index (χ1n) is 5.72. The van der Waals surface area contributed by atoms with Crippen molar-refractivity contribution in [3.8, 4) is 0 Å². The van der Waals surface area contributed by atoms with Crippen LogP contribution in [0, 0.1) is 5.82 Å². The van der Waals surface area contributed by atoms with Crippen LogP contribution >= 0.6 is 0 Å². The van der Waals surface area contributed by atoms with Gasteiger partial charge < -0.3 is 5.32 Å². The molecule has 1 aromatic carbocycles. The number of nitrogens with one attached hydrogen (secondary N) is 3. The summed E-state index contributed by atoms with van der Waals surface area (Å²) < 4.78 is 13.3.